The zero-order valence-corrected chi connectivity index (χ0v) is 9.49. The van der Waals surface area contributed by atoms with Gasteiger partial charge in [0, 0.05) is 5.56 Å². The van der Waals surface area contributed by atoms with E-state index in [9.17, 15) is 4.79 Å². The van der Waals surface area contributed by atoms with Gasteiger partial charge in [-0.1, -0.05) is 0 Å². The second-order valence-corrected chi connectivity index (χ2v) is 3.62. The Morgan fingerprint density at radius 2 is 1.87 bits per heavy atom. The molecule has 3 heteroatoms. The van der Waals surface area contributed by atoms with Gasteiger partial charge in [0.15, 0.2) is 5.78 Å². The minimum Gasteiger partial charge on any atom is -0.494 e. The Kier molecular flexibility index (Phi) is 4.31. The highest BCUT2D eigenvalue weighted by Crippen LogP contribution is 2.12. The molecule has 0 radical (unpaired) electrons. The molecule has 0 aromatic heterocycles. The van der Waals surface area contributed by atoms with E-state index >= 15 is 0 Å². The third kappa shape index (κ3) is 3.72. The number of benzene rings is 1. The molecule has 0 aliphatic carbocycles. The maximum atomic E-state index is 11.6. The van der Waals surface area contributed by atoms with E-state index < -0.39 is 0 Å². The van der Waals surface area contributed by atoms with Crippen LogP contribution in [0.2, 0.25) is 0 Å². The summed E-state index contributed by atoms with van der Waals surface area (Å²) in [4.78, 5) is 13.5. The van der Waals surface area contributed by atoms with Crippen molar-refractivity contribution in [2.45, 2.75) is 6.92 Å². The van der Waals surface area contributed by atoms with E-state index in [0.717, 1.165) is 11.3 Å². The lowest BCUT2D eigenvalue weighted by atomic mass is 10.1. The second-order valence-electron chi connectivity index (χ2n) is 3.62. The van der Waals surface area contributed by atoms with Crippen LogP contribution in [-0.4, -0.2) is 37.9 Å². The number of ether oxygens (including phenoxy) is 1. The first-order valence-electron chi connectivity index (χ1n) is 5.04. The van der Waals surface area contributed by atoms with Gasteiger partial charge in [-0.05, 0) is 45.3 Å². The van der Waals surface area contributed by atoms with Gasteiger partial charge < -0.3 is 9.64 Å². The van der Waals surface area contributed by atoms with Crippen molar-refractivity contribution in [1.29, 1.82) is 0 Å². The van der Waals surface area contributed by atoms with Crippen LogP contribution in [0.4, 0.5) is 0 Å². The fraction of sp³-hybridized carbons (Fsp3) is 0.417. The lowest BCUT2D eigenvalue weighted by molar-refractivity contribution is 0.0958. The summed E-state index contributed by atoms with van der Waals surface area (Å²) in [5.74, 6) is 0.932. The standard InChI is InChI=1S/C12H17NO2/c1-4-15-11-7-5-10(6-8-11)12(14)9-13(2)3/h5-8H,4,9H2,1-3H3. The summed E-state index contributed by atoms with van der Waals surface area (Å²) in [5, 5.41) is 0. The second kappa shape index (κ2) is 5.51. The SMILES string of the molecule is CCOc1ccc(C(=O)CN(C)C)cc1. The van der Waals surface area contributed by atoms with Crippen LogP contribution in [0.5, 0.6) is 5.75 Å². The first-order chi connectivity index (χ1) is 7.13. The summed E-state index contributed by atoms with van der Waals surface area (Å²) in [7, 11) is 3.76. The molecule has 82 valence electrons. The largest absolute Gasteiger partial charge is 0.494 e. The number of carbonyl (C=O) groups excluding carboxylic acids is 1. The highest BCUT2D eigenvalue weighted by atomic mass is 16.5. The molecular weight excluding hydrogens is 190 g/mol. The van der Waals surface area contributed by atoms with Crippen molar-refractivity contribution in [3.05, 3.63) is 29.8 Å². The quantitative estimate of drug-likeness (QED) is 0.690. The Bertz CT molecular complexity index is 317. The summed E-state index contributed by atoms with van der Waals surface area (Å²) < 4.78 is 5.30. The molecule has 0 N–H and O–H groups in total. The lowest BCUT2D eigenvalue weighted by Crippen LogP contribution is -2.21. The average molecular weight is 207 g/mol. The van der Waals surface area contributed by atoms with Crippen LogP contribution < -0.4 is 4.74 Å². The number of carbonyl (C=O) groups is 1. The summed E-state index contributed by atoms with van der Waals surface area (Å²) in [5.41, 5.74) is 0.729. The van der Waals surface area contributed by atoms with Crippen molar-refractivity contribution in [2.75, 3.05) is 27.2 Å². The molecule has 0 fully saturated rings. The van der Waals surface area contributed by atoms with Crippen LogP contribution in [0.1, 0.15) is 17.3 Å². The molecule has 0 bridgehead atoms. The number of hydrogen-bond acceptors (Lipinski definition) is 3. The molecule has 1 rings (SSSR count). The van der Waals surface area contributed by atoms with E-state index in [4.69, 9.17) is 4.74 Å². The Morgan fingerprint density at radius 1 is 1.27 bits per heavy atom. The van der Waals surface area contributed by atoms with Crippen molar-refractivity contribution in [1.82, 2.24) is 4.90 Å². The fourth-order valence-electron chi connectivity index (χ4n) is 1.28. The number of nitrogens with zero attached hydrogens (tertiary/aromatic N) is 1. The third-order valence-corrected chi connectivity index (χ3v) is 1.95. The Morgan fingerprint density at radius 3 is 2.33 bits per heavy atom. The maximum Gasteiger partial charge on any atom is 0.176 e. The van der Waals surface area contributed by atoms with Crippen LogP contribution in [0, 0.1) is 0 Å². The average Bonchev–Trinajstić information content (AvgIpc) is 2.18. The molecule has 0 spiro atoms. The minimum absolute atomic E-state index is 0.128. The van der Waals surface area contributed by atoms with Gasteiger partial charge in [-0.2, -0.15) is 0 Å². The van der Waals surface area contributed by atoms with Crippen molar-refractivity contribution in [2.24, 2.45) is 0 Å². The van der Waals surface area contributed by atoms with Crippen molar-refractivity contribution >= 4 is 5.78 Å². The smallest absolute Gasteiger partial charge is 0.176 e. The summed E-state index contributed by atoms with van der Waals surface area (Å²) in [6.45, 7) is 3.02. The molecule has 0 aliphatic rings. The van der Waals surface area contributed by atoms with E-state index in [1.54, 1.807) is 12.1 Å². The van der Waals surface area contributed by atoms with Gasteiger partial charge in [-0.15, -0.1) is 0 Å². The molecule has 1 aromatic carbocycles. The lowest BCUT2D eigenvalue weighted by Gasteiger charge is -2.08. The number of Topliss-reactive ketones (excluding diaryl/α,β-unsaturated/α-hetero) is 1. The molecule has 0 unspecified atom stereocenters. The van der Waals surface area contributed by atoms with Gasteiger partial charge in [0.05, 0.1) is 13.2 Å². The number of rotatable bonds is 5. The van der Waals surface area contributed by atoms with Gasteiger partial charge in [0.25, 0.3) is 0 Å². The molecule has 3 nitrogen and oxygen atoms in total. The van der Waals surface area contributed by atoms with Crippen LogP contribution >= 0.6 is 0 Å². The first kappa shape index (κ1) is 11.7. The Balaban J connectivity index is 2.67. The highest BCUT2D eigenvalue weighted by Gasteiger charge is 2.06. The van der Waals surface area contributed by atoms with Gasteiger partial charge in [0.1, 0.15) is 5.75 Å². The molecule has 0 saturated carbocycles. The fourth-order valence-corrected chi connectivity index (χ4v) is 1.28. The van der Waals surface area contributed by atoms with E-state index in [1.807, 2.05) is 38.1 Å². The molecule has 0 heterocycles. The van der Waals surface area contributed by atoms with Crippen molar-refractivity contribution < 1.29 is 9.53 Å². The predicted molar refractivity (Wildman–Crippen MR) is 60.5 cm³/mol. The van der Waals surface area contributed by atoms with Crippen LogP contribution in [0.3, 0.4) is 0 Å². The molecule has 0 atom stereocenters. The van der Waals surface area contributed by atoms with E-state index in [-0.39, 0.29) is 5.78 Å². The topological polar surface area (TPSA) is 29.5 Å². The van der Waals surface area contributed by atoms with Gasteiger partial charge in [-0.3, -0.25) is 4.79 Å². The van der Waals surface area contributed by atoms with Gasteiger partial charge >= 0.3 is 0 Å². The Labute approximate surface area is 90.7 Å². The normalized spacial score (nSPS) is 10.4. The molecule has 0 amide bonds. The van der Waals surface area contributed by atoms with Gasteiger partial charge in [0.2, 0.25) is 0 Å². The van der Waals surface area contributed by atoms with Crippen LogP contribution in [-0.2, 0) is 0 Å². The van der Waals surface area contributed by atoms with Gasteiger partial charge in [-0.25, -0.2) is 0 Å². The number of ketones is 1. The number of likely N-dealkylation sites (N-methyl/N-ethyl adjacent to an activating group) is 1. The molecule has 0 saturated heterocycles. The summed E-state index contributed by atoms with van der Waals surface area (Å²) >= 11 is 0. The Hall–Kier alpha value is -1.35. The monoisotopic (exact) mass is 207 g/mol. The van der Waals surface area contributed by atoms with Crippen molar-refractivity contribution in [3.8, 4) is 5.75 Å². The number of hydrogen-bond donors (Lipinski definition) is 0. The summed E-state index contributed by atoms with van der Waals surface area (Å²) in [6, 6.07) is 7.26. The molecular formula is C12H17NO2. The zero-order chi connectivity index (χ0) is 11.3. The third-order valence-electron chi connectivity index (χ3n) is 1.95. The van der Waals surface area contributed by atoms with E-state index in [1.165, 1.54) is 0 Å². The molecule has 15 heavy (non-hydrogen) atoms. The molecule has 0 aliphatic heterocycles. The molecule has 1 aromatic rings. The van der Waals surface area contributed by atoms with E-state index in [0.29, 0.717) is 13.2 Å². The van der Waals surface area contributed by atoms with Crippen LogP contribution in [0.15, 0.2) is 24.3 Å². The minimum atomic E-state index is 0.128. The zero-order valence-electron chi connectivity index (χ0n) is 9.49. The van der Waals surface area contributed by atoms with Crippen LogP contribution in [0.25, 0.3) is 0 Å². The highest BCUT2D eigenvalue weighted by molar-refractivity contribution is 5.97. The summed E-state index contributed by atoms with van der Waals surface area (Å²) in [6.07, 6.45) is 0. The first-order valence-corrected chi connectivity index (χ1v) is 5.04. The maximum absolute atomic E-state index is 11.6. The predicted octanol–water partition coefficient (Wildman–Crippen LogP) is 1.83. The van der Waals surface area contributed by atoms with Crippen molar-refractivity contribution in [3.63, 3.8) is 0 Å². The van der Waals surface area contributed by atoms with E-state index in [2.05, 4.69) is 0 Å².